The average Bonchev–Trinajstić information content (AvgIpc) is 2.79. The Labute approximate surface area is 175 Å². The molecule has 0 bridgehead atoms. The van der Waals surface area contributed by atoms with Crippen LogP contribution in [0.15, 0.2) is 84.4 Å². The second kappa shape index (κ2) is 8.82. The Bertz CT molecular complexity index is 1090. The van der Waals surface area contributed by atoms with Crippen LogP contribution in [-0.2, 0) is 4.79 Å². The fraction of sp³-hybridized carbons (Fsp3) is 0.200. The third-order valence-electron chi connectivity index (χ3n) is 5.43. The second-order valence-corrected chi connectivity index (χ2v) is 7.36. The summed E-state index contributed by atoms with van der Waals surface area (Å²) in [6.07, 6.45) is 2.38. The SMILES string of the molecule is O=C(O)C(COc1ccccc1)C1=CCN(C(=O)c2ccc3ccccc3c2)CC1. The Kier molecular flexibility index (Phi) is 5.80. The van der Waals surface area contributed by atoms with Crippen LogP contribution in [0.4, 0.5) is 0 Å². The maximum atomic E-state index is 12.9. The highest BCUT2D eigenvalue weighted by Gasteiger charge is 2.27. The smallest absolute Gasteiger partial charge is 0.314 e. The number of carbonyl (C=O) groups excluding carboxylic acids is 1. The van der Waals surface area contributed by atoms with Gasteiger partial charge >= 0.3 is 5.97 Å². The van der Waals surface area contributed by atoms with E-state index in [1.165, 1.54) is 0 Å². The van der Waals surface area contributed by atoms with Crippen LogP contribution >= 0.6 is 0 Å². The van der Waals surface area contributed by atoms with Gasteiger partial charge in [0.05, 0.1) is 0 Å². The van der Waals surface area contributed by atoms with Gasteiger partial charge in [0.2, 0.25) is 0 Å². The number of aliphatic carboxylic acids is 1. The Balaban J connectivity index is 1.43. The molecule has 1 atom stereocenters. The summed E-state index contributed by atoms with van der Waals surface area (Å²) in [4.78, 5) is 26.5. The number of nitrogens with zero attached hydrogens (tertiary/aromatic N) is 1. The molecule has 5 nitrogen and oxygen atoms in total. The number of amides is 1. The predicted molar refractivity (Wildman–Crippen MR) is 116 cm³/mol. The zero-order chi connectivity index (χ0) is 20.9. The largest absolute Gasteiger partial charge is 0.492 e. The van der Waals surface area contributed by atoms with Crippen molar-refractivity contribution in [3.63, 3.8) is 0 Å². The Hall–Kier alpha value is -3.60. The molecule has 3 aromatic rings. The molecule has 3 aromatic carbocycles. The number of benzene rings is 3. The van der Waals surface area contributed by atoms with Gasteiger partial charge in [0.15, 0.2) is 0 Å². The molecule has 1 N–H and O–H groups in total. The summed E-state index contributed by atoms with van der Waals surface area (Å²) in [5, 5.41) is 11.8. The van der Waals surface area contributed by atoms with Crippen molar-refractivity contribution in [3.05, 3.63) is 90.0 Å². The van der Waals surface area contributed by atoms with Crippen LogP contribution in [-0.4, -0.2) is 41.6 Å². The van der Waals surface area contributed by atoms with Gasteiger partial charge in [0, 0.05) is 18.7 Å². The van der Waals surface area contributed by atoms with Crippen molar-refractivity contribution in [3.8, 4) is 5.75 Å². The lowest BCUT2D eigenvalue weighted by Gasteiger charge is -2.29. The first-order valence-electron chi connectivity index (χ1n) is 9.99. The Morgan fingerprint density at radius 3 is 2.40 bits per heavy atom. The van der Waals surface area contributed by atoms with Crippen LogP contribution < -0.4 is 4.74 Å². The lowest BCUT2D eigenvalue weighted by Crippen LogP contribution is -2.37. The van der Waals surface area contributed by atoms with Gasteiger partial charge in [-0.3, -0.25) is 9.59 Å². The minimum Gasteiger partial charge on any atom is -0.492 e. The highest BCUT2D eigenvalue weighted by atomic mass is 16.5. The predicted octanol–water partition coefficient (Wildman–Crippen LogP) is 4.39. The molecular weight excluding hydrogens is 378 g/mol. The lowest BCUT2D eigenvalue weighted by molar-refractivity contribution is -0.141. The van der Waals surface area contributed by atoms with Crippen LogP contribution in [0.1, 0.15) is 16.8 Å². The van der Waals surface area contributed by atoms with Crippen molar-refractivity contribution in [2.75, 3.05) is 19.7 Å². The van der Waals surface area contributed by atoms with Gasteiger partial charge in [-0.15, -0.1) is 0 Å². The molecule has 0 aromatic heterocycles. The fourth-order valence-corrected chi connectivity index (χ4v) is 3.72. The molecule has 0 spiro atoms. The van der Waals surface area contributed by atoms with E-state index in [4.69, 9.17) is 4.74 Å². The normalized spacial score (nSPS) is 14.8. The van der Waals surface area contributed by atoms with E-state index in [9.17, 15) is 14.7 Å². The molecule has 0 aliphatic carbocycles. The van der Waals surface area contributed by atoms with Crippen LogP contribution in [0.25, 0.3) is 10.8 Å². The molecule has 0 saturated carbocycles. The standard InChI is InChI=1S/C25H23NO4/c27-24(21-11-10-18-6-4-5-7-20(18)16-21)26-14-12-19(13-15-26)23(25(28)29)17-30-22-8-2-1-3-9-22/h1-12,16,23H,13-15,17H2,(H,28,29). The Morgan fingerprint density at radius 1 is 0.967 bits per heavy atom. The molecule has 4 rings (SSSR count). The third-order valence-corrected chi connectivity index (χ3v) is 5.43. The number of rotatable bonds is 6. The Morgan fingerprint density at radius 2 is 1.70 bits per heavy atom. The van der Waals surface area contributed by atoms with E-state index in [1.54, 1.807) is 17.0 Å². The first kappa shape index (κ1) is 19.7. The van der Waals surface area contributed by atoms with E-state index in [-0.39, 0.29) is 12.5 Å². The van der Waals surface area contributed by atoms with E-state index in [1.807, 2.05) is 66.7 Å². The molecule has 5 heteroatoms. The maximum Gasteiger partial charge on any atom is 0.314 e. The molecule has 0 radical (unpaired) electrons. The van der Waals surface area contributed by atoms with Crippen molar-refractivity contribution in [2.24, 2.45) is 5.92 Å². The van der Waals surface area contributed by atoms with Crippen LogP contribution in [0, 0.1) is 5.92 Å². The highest BCUT2D eigenvalue weighted by Crippen LogP contribution is 2.24. The van der Waals surface area contributed by atoms with E-state index >= 15 is 0 Å². The minimum atomic E-state index is -0.911. The van der Waals surface area contributed by atoms with Gasteiger partial charge in [-0.05, 0) is 41.5 Å². The second-order valence-electron chi connectivity index (χ2n) is 7.36. The molecule has 1 aliphatic heterocycles. The van der Waals surface area contributed by atoms with Crippen LogP contribution in [0.2, 0.25) is 0 Å². The molecular formula is C25H23NO4. The highest BCUT2D eigenvalue weighted by molar-refractivity contribution is 5.98. The number of carbonyl (C=O) groups is 2. The van der Waals surface area contributed by atoms with E-state index in [0.717, 1.165) is 16.3 Å². The molecule has 1 unspecified atom stereocenters. The van der Waals surface area contributed by atoms with Crippen molar-refractivity contribution < 1.29 is 19.4 Å². The van der Waals surface area contributed by atoms with Gasteiger partial charge < -0.3 is 14.7 Å². The van der Waals surface area contributed by atoms with Crippen molar-refractivity contribution in [1.29, 1.82) is 0 Å². The zero-order valence-corrected chi connectivity index (χ0v) is 16.5. The maximum absolute atomic E-state index is 12.9. The van der Waals surface area contributed by atoms with E-state index in [2.05, 4.69) is 0 Å². The van der Waals surface area contributed by atoms with Crippen molar-refractivity contribution >= 4 is 22.6 Å². The fourth-order valence-electron chi connectivity index (χ4n) is 3.72. The molecule has 0 fully saturated rings. The lowest BCUT2D eigenvalue weighted by atomic mass is 9.94. The summed E-state index contributed by atoms with van der Waals surface area (Å²) >= 11 is 0. The number of ether oxygens (including phenoxy) is 1. The minimum absolute atomic E-state index is 0.0385. The summed E-state index contributed by atoms with van der Waals surface area (Å²) in [6.45, 7) is 0.965. The molecule has 1 amide bonds. The van der Waals surface area contributed by atoms with Gasteiger partial charge in [-0.1, -0.05) is 60.2 Å². The zero-order valence-electron chi connectivity index (χ0n) is 16.5. The van der Waals surface area contributed by atoms with Gasteiger partial charge in [0.25, 0.3) is 5.91 Å². The first-order valence-corrected chi connectivity index (χ1v) is 9.99. The number of carboxylic acids is 1. The third kappa shape index (κ3) is 4.35. The quantitative estimate of drug-likeness (QED) is 0.622. The topological polar surface area (TPSA) is 66.8 Å². The van der Waals surface area contributed by atoms with Crippen molar-refractivity contribution in [1.82, 2.24) is 4.90 Å². The summed E-state index contributed by atoms with van der Waals surface area (Å²) in [5.74, 6) is -1.02. The number of hydrogen-bond donors (Lipinski definition) is 1. The number of fused-ring (bicyclic) bond motifs is 1. The number of para-hydroxylation sites is 1. The van der Waals surface area contributed by atoms with Crippen LogP contribution in [0.3, 0.4) is 0 Å². The van der Waals surface area contributed by atoms with Gasteiger partial charge in [0.1, 0.15) is 18.3 Å². The average molecular weight is 401 g/mol. The van der Waals surface area contributed by atoms with Gasteiger partial charge in [-0.2, -0.15) is 0 Å². The summed E-state index contributed by atoms with van der Waals surface area (Å²) in [7, 11) is 0. The van der Waals surface area contributed by atoms with E-state index < -0.39 is 11.9 Å². The van der Waals surface area contributed by atoms with E-state index in [0.29, 0.717) is 30.8 Å². The molecule has 0 saturated heterocycles. The first-order chi connectivity index (χ1) is 14.6. The van der Waals surface area contributed by atoms with Crippen LogP contribution in [0.5, 0.6) is 5.75 Å². The summed E-state index contributed by atoms with van der Waals surface area (Å²) < 4.78 is 5.66. The molecule has 152 valence electrons. The monoisotopic (exact) mass is 401 g/mol. The molecule has 1 heterocycles. The summed E-state index contributed by atoms with van der Waals surface area (Å²) in [6, 6.07) is 22.8. The van der Waals surface area contributed by atoms with Gasteiger partial charge in [-0.25, -0.2) is 0 Å². The number of hydrogen-bond acceptors (Lipinski definition) is 3. The van der Waals surface area contributed by atoms with Crippen molar-refractivity contribution in [2.45, 2.75) is 6.42 Å². The molecule has 30 heavy (non-hydrogen) atoms. The summed E-state index contributed by atoms with van der Waals surface area (Å²) in [5.41, 5.74) is 1.45. The molecule has 1 aliphatic rings. The number of carboxylic acid groups (broad SMARTS) is 1.